The van der Waals surface area contributed by atoms with Crippen LogP contribution in [0, 0.1) is 17.8 Å². The molecule has 7 nitrogen and oxygen atoms in total. The Morgan fingerprint density at radius 2 is 2.00 bits per heavy atom. The lowest BCUT2D eigenvalue weighted by Gasteiger charge is -2.58. The molecule has 28 heavy (non-hydrogen) atoms. The normalized spacial score (nSPS) is 32.9. The van der Waals surface area contributed by atoms with E-state index in [9.17, 15) is 9.90 Å². The first-order valence-corrected chi connectivity index (χ1v) is 9.95. The summed E-state index contributed by atoms with van der Waals surface area (Å²) in [7, 11) is 0. The Morgan fingerprint density at radius 1 is 1.21 bits per heavy atom. The molecule has 4 aliphatic rings. The molecule has 0 radical (unpaired) electrons. The van der Waals surface area contributed by atoms with Crippen molar-refractivity contribution < 1.29 is 9.90 Å². The van der Waals surface area contributed by atoms with Crippen molar-refractivity contribution in [3.05, 3.63) is 42.4 Å². The van der Waals surface area contributed by atoms with E-state index in [4.69, 9.17) is 5.73 Å². The summed E-state index contributed by atoms with van der Waals surface area (Å²) in [5.41, 5.74) is 7.04. The van der Waals surface area contributed by atoms with Gasteiger partial charge in [-0.2, -0.15) is 0 Å². The molecule has 146 valence electrons. The minimum atomic E-state index is -0.495. The van der Waals surface area contributed by atoms with E-state index in [0.29, 0.717) is 34.8 Å². The molecule has 2 heterocycles. The number of hydrogen-bond donors (Lipinski definition) is 4. The van der Waals surface area contributed by atoms with Crippen molar-refractivity contribution in [3.8, 4) is 0 Å². The van der Waals surface area contributed by atoms with Crippen LogP contribution in [-0.4, -0.2) is 32.6 Å². The summed E-state index contributed by atoms with van der Waals surface area (Å²) in [6.45, 7) is 0. The standard InChI is InChI=1S/C21H25N5O2/c22-20(27)16-11-24-18(25-15-2-1-3-23-10-15)6-17(16)26-19-13-4-12-5-14(19)9-21(28,7-12)8-13/h1-3,6,10-14,19,28H,4-5,7-9H2,(H2,22,27)(H2,24,25,26)/t12?,13-,14+,19?,21?. The van der Waals surface area contributed by atoms with Crippen molar-refractivity contribution in [2.45, 2.75) is 43.7 Å². The molecule has 4 saturated carbocycles. The van der Waals surface area contributed by atoms with Gasteiger partial charge in [-0.05, 0) is 62.0 Å². The van der Waals surface area contributed by atoms with E-state index in [-0.39, 0.29) is 6.04 Å². The molecular formula is C21H25N5O2. The second kappa shape index (κ2) is 6.44. The number of aliphatic hydroxyl groups is 1. The Bertz CT molecular complexity index is 887. The molecule has 0 aliphatic heterocycles. The Hall–Kier alpha value is -2.67. The molecule has 4 aliphatic carbocycles. The van der Waals surface area contributed by atoms with E-state index in [2.05, 4.69) is 20.6 Å². The number of aromatic nitrogens is 2. The molecule has 2 aromatic rings. The van der Waals surface area contributed by atoms with Gasteiger partial charge < -0.3 is 21.5 Å². The van der Waals surface area contributed by atoms with Gasteiger partial charge in [-0.3, -0.25) is 9.78 Å². The number of carbonyl (C=O) groups excluding carboxylic acids is 1. The molecule has 5 atom stereocenters. The van der Waals surface area contributed by atoms with Crippen molar-refractivity contribution in [1.82, 2.24) is 9.97 Å². The van der Waals surface area contributed by atoms with Gasteiger partial charge in [0.1, 0.15) is 5.82 Å². The Morgan fingerprint density at radius 3 is 2.64 bits per heavy atom. The summed E-state index contributed by atoms with van der Waals surface area (Å²) in [5, 5.41) is 17.6. The maximum atomic E-state index is 12.0. The van der Waals surface area contributed by atoms with Crippen LogP contribution in [0.5, 0.6) is 0 Å². The highest BCUT2D eigenvalue weighted by atomic mass is 16.3. The van der Waals surface area contributed by atoms with Gasteiger partial charge in [0.25, 0.3) is 5.91 Å². The van der Waals surface area contributed by atoms with E-state index >= 15 is 0 Å². The van der Waals surface area contributed by atoms with Crippen LogP contribution in [0.15, 0.2) is 36.8 Å². The van der Waals surface area contributed by atoms with Crippen LogP contribution in [0.1, 0.15) is 42.5 Å². The topological polar surface area (TPSA) is 113 Å². The first kappa shape index (κ1) is 17.4. The number of carbonyl (C=O) groups is 1. The molecule has 0 saturated heterocycles. The third-order valence-corrected chi connectivity index (χ3v) is 6.67. The number of nitrogens with two attached hydrogens (primary N) is 1. The molecule has 0 spiro atoms. The zero-order valence-corrected chi connectivity index (χ0v) is 15.6. The maximum absolute atomic E-state index is 12.0. The second-order valence-electron chi connectivity index (χ2n) is 8.71. The number of anilines is 3. The smallest absolute Gasteiger partial charge is 0.252 e. The van der Waals surface area contributed by atoms with Crippen LogP contribution in [0.25, 0.3) is 0 Å². The van der Waals surface area contributed by atoms with Gasteiger partial charge in [-0.15, -0.1) is 0 Å². The molecule has 7 heteroatoms. The molecular weight excluding hydrogens is 354 g/mol. The van der Waals surface area contributed by atoms with Crippen molar-refractivity contribution in [1.29, 1.82) is 0 Å². The first-order valence-electron chi connectivity index (χ1n) is 9.95. The quantitative estimate of drug-likeness (QED) is 0.635. The van der Waals surface area contributed by atoms with E-state index in [1.165, 1.54) is 6.20 Å². The minimum Gasteiger partial charge on any atom is -0.390 e. The summed E-state index contributed by atoms with van der Waals surface area (Å²) in [6.07, 6.45) is 9.88. The highest BCUT2D eigenvalue weighted by Gasteiger charge is 2.54. The lowest BCUT2D eigenvalue weighted by atomic mass is 9.52. The van der Waals surface area contributed by atoms with Gasteiger partial charge in [-0.1, -0.05) is 0 Å². The van der Waals surface area contributed by atoms with Gasteiger partial charge in [0, 0.05) is 24.5 Å². The Balaban J connectivity index is 1.42. The van der Waals surface area contributed by atoms with E-state index in [0.717, 1.165) is 37.8 Å². The molecule has 6 rings (SSSR count). The van der Waals surface area contributed by atoms with Gasteiger partial charge in [0.2, 0.25) is 0 Å². The number of pyridine rings is 2. The number of primary amides is 1. The fourth-order valence-electron chi connectivity index (χ4n) is 5.82. The molecule has 2 aromatic heterocycles. The number of nitrogens with one attached hydrogen (secondary N) is 2. The average Bonchev–Trinajstić information content (AvgIpc) is 2.64. The Labute approximate surface area is 163 Å². The number of rotatable bonds is 5. The molecule has 3 unspecified atom stereocenters. The van der Waals surface area contributed by atoms with Crippen molar-refractivity contribution in [2.75, 3.05) is 10.6 Å². The van der Waals surface area contributed by atoms with Crippen LogP contribution in [0.3, 0.4) is 0 Å². The second-order valence-corrected chi connectivity index (χ2v) is 8.71. The Kier molecular flexibility index (Phi) is 4.01. The van der Waals surface area contributed by atoms with Crippen LogP contribution >= 0.6 is 0 Å². The molecule has 1 amide bonds. The summed E-state index contributed by atoms with van der Waals surface area (Å²) >= 11 is 0. The van der Waals surface area contributed by atoms with Crippen LogP contribution < -0.4 is 16.4 Å². The number of hydrogen-bond acceptors (Lipinski definition) is 6. The lowest BCUT2D eigenvalue weighted by Crippen LogP contribution is -2.59. The van der Waals surface area contributed by atoms with Crippen molar-refractivity contribution in [2.24, 2.45) is 23.5 Å². The molecule has 4 bridgehead atoms. The first-order chi connectivity index (χ1) is 13.5. The fraction of sp³-hybridized carbons (Fsp3) is 0.476. The maximum Gasteiger partial charge on any atom is 0.252 e. The van der Waals surface area contributed by atoms with Gasteiger partial charge in [0.15, 0.2) is 0 Å². The summed E-state index contributed by atoms with van der Waals surface area (Å²) in [4.78, 5) is 20.4. The predicted molar refractivity (Wildman–Crippen MR) is 106 cm³/mol. The van der Waals surface area contributed by atoms with Crippen LogP contribution in [0.2, 0.25) is 0 Å². The van der Waals surface area contributed by atoms with Crippen molar-refractivity contribution >= 4 is 23.1 Å². The lowest BCUT2D eigenvalue weighted by molar-refractivity contribution is -0.129. The van der Waals surface area contributed by atoms with Crippen LogP contribution in [-0.2, 0) is 0 Å². The third kappa shape index (κ3) is 3.09. The fourth-order valence-corrected chi connectivity index (χ4v) is 5.82. The largest absolute Gasteiger partial charge is 0.390 e. The van der Waals surface area contributed by atoms with E-state index in [1.807, 2.05) is 18.2 Å². The summed E-state index contributed by atoms with van der Waals surface area (Å²) in [6, 6.07) is 5.84. The summed E-state index contributed by atoms with van der Waals surface area (Å²) < 4.78 is 0. The average molecular weight is 379 g/mol. The van der Waals surface area contributed by atoms with E-state index < -0.39 is 11.5 Å². The highest BCUT2D eigenvalue weighted by molar-refractivity contribution is 5.98. The zero-order valence-electron chi connectivity index (χ0n) is 15.6. The van der Waals surface area contributed by atoms with Gasteiger partial charge in [0.05, 0.1) is 28.7 Å². The van der Waals surface area contributed by atoms with E-state index in [1.54, 1.807) is 12.4 Å². The molecule has 0 aromatic carbocycles. The summed E-state index contributed by atoms with van der Waals surface area (Å²) in [5.74, 6) is 1.63. The van der Waals surface area contributed by atoms with Crippen LogP contribution in [0.4, 0.5) is 17.2 Å². The SMILES string of the molecule is NC(=O)c1cnc(Nc2cccnc2)cc1NC1[C@@H]2CC3C[C@H]1CC(O)(C3)C2. The third-order valence-electron chi connectivity index (χ3n) is 6.67. The highest BCUT2D eigenvalue weighted by Crippen LogP contribution is 2.56. The van der Waals surface area contributed by atoms with Crippen molar-refractivity contribution in [3.63, 3.8) is 0 Å². The molecule has 5 N–H and O–H groups in total. The number of nitrogens with zero attached hydrogens (tertiary/aromatic N) is 2. The molecule has 4 fully saturated rings. The van der Waals surface area contributed by atoms with Gasteiger partial charge >= 0.3 is 0 Å². The minimum absolute atomic E-state index is 0.253. The predicted octanol–water partition coefficient (Wildman–Crippen LogP) is 2.67. The zero-order chi connectivity index (χ0) is 19.3. The monoisotopic (exact) mass is 379 g/mol. The van der Waals surface area contributed by atoms with Gasteiger partial charge in [-0.25, -0.2) is 4.98 Å². The number of amides is 1.